The third-order valence-electron chi connectivity index (χ3n) is 4.75. The molecule has 160 valence electrons. The van der Waals surface area contributed by atoms with E-state index in [1.54, 1.807) is 17.4 Å². The molecule has 0 radical (unpaired) electrons. The topological polar surface area (TPSA) is 74.8 Å². The zero-order valence-corrected chi connectivity index (χ0v) is 20.1. The number of nitrogens with one attached hydrogen (secondary N) is 2. The first-order valence-corrected chi connectivity index (χ1v) is 12.7. The van der Waals surface area contributed by atoms with Gasteiger partial charge in [0.2, 0.25) is 5.91 Å². The van der Waals surface area contributed by atoms with Gasteiger partial charge in [0.1, 0.15) is 10.7 Å². The number of nitrogens with zero attached hydrogens (tertiary/aromatic N) is 1. The van der Waals surface area contributed by atoms with E-state index in [9.17, 15) is 9.59 Å². The predicted octanol–water partition coefficient (Wildman–Crippen LogP) is 5.61. The van der Waals surface area contributed by atoms with Gasteiger partial charge in [0.15, 0.2) is 0 Å². The molecule has 1 amide bonds. The number of aromatic amines is 1. The van der Waals surface area contributed by atoms with E-state index in [-0.39, 0.29) is 16.7 Å². The van der Waals surface area contributed by atoms with Crippen molar-refractivity contribution in [2.24, 2.45) is 0 Å². The Labute approximate surface area is 196 Å². The predicted molar refractivity (Wildman–Crippen MR) is 132 cm³/mol. The van der Waals surface area contributed by atoms with E-state index >= 15 is 0 Å². The quantitative estimate of drug-likeness (QED) is 0.353. The molecule has 1 unspecified atom stereocenters. The highest BCUT2D eigenvalue weighted by molar-refractivity contribution is 7.99. The molecule has 0 saturated heterocycles. The summed E-state index contributed by atoms with van der Waals surface area (Å²) in [5.41, 5.74) is 1.66. The van der Waals surface area contributed by atoms with Gasteiger partial charge in [0, 0.05) is 32.3 Å². The van der Waals surface area contributed by atoms with Crippen molar-refractivity contribution >= 4 is 62.2 Å². The van der Waals surface area contributed by atoms with Crippen molar-refractivity contribution in [1.82, 2.24) is 15.3 Å². The molecule has 2 N–H and O–H groups in total. The lowest BCUT2D eigenvalue weighted by molar-refractivity contribution is -0.120. The van der Waals surface area contributed by atoms with Crippen LogP contribution in [0.5, 0.6) is 0 Å². The Bertz CT molecular complexity index is 1290. The molecule has 4 rings (SSSR count). The van der Waals surface area contributed by atoms with Crippen LogP contribution in [0.15, 0.2) is 46.6 Å². The molecular formula is C22H20ClN3O2S3. The molecule has 4 aromatic rings. The zero-order valence-electron chi connectivity index (χ0n) is 16.9. The van der Waals surface area contributed by atoms with Crippen LogP contribution >= 0.6 is 46.0 Å². The maximum atomic E-state index is 12.7. The van der Waals surface area contributed by atoms with Crippen molar-refractivity contribution in [3.8, 4) is 10.4 Å². The molecule has 1 atom stereocenters. The van der Waals surface area contributed by atoms with Crippen molar-refractivity contribution < 1.29 is 4.79 Å². The van der Waals surface area contributed by atoms with Crippen LogP contribution in [-0.4, -0.2) is 21.1 Å². The van der Waals surface area contributed by atoms with Gasteiger partial charge in [0.05, 0.1) is 16.4 Å². The number of hydrogen-bond acceptors (Lipinski definition) is 6. The van der Waals surface area contributed by atoms with Gasteiger partial charge >= 0.3 is 0 Å². The molecule has 5 nitrogen and oxygen atoms in total. The summed E-state index contributed by atoms with van der Waals surface area (Å²) in [5, 5.41) is 5.86. The van der Waals surface area contributed by atoms with Gasteiger partial charge in [-0.05, 0) is 37.6 Å². The molecule has 9 heteroatoms. The highest BCUT2D eigenvalue weighted by atomic mass is 35.5. The first-order valence-electron chi connectivity index (χ1n) is 9.62. The number of H-pyrrole nitrogens is 1. The Kier molecular flexibility index (Phi) is 6.81. The van der Waals surface area contributed by atoms with Crippen LogP contribution < -0.4 is 10.9 Å². The first kappa shape index (κ1) is 22.1. The highest BCUT2D eigenvalue weighted by Crippen LogP contribution is 2.35. The minimum absolute atomic E-state index is 0.0835. The van der Waals surface area contributed by atoms with Gasteiger partial charge in [-0.1, -0.05) is 29.8 Å². The average Bonchev–Trinajstić information content (AvgIpc) is 3.37. The van der Waals surface area contributed by atoms with Crippen molar-refractivity contribution in [3.05, 3.63) is 73.4 Å². The molecular weight excluding hydrogens is 470 g/mol. The summed E-state index contributed by atoms with van der Waals surface area (Å²) in [4.78, 5) is 35.7. The summed E-state index contributed by atoms with van der Waals surface area (Å²) in [5.74, 6) is 0.931. The Balaban J connectivity index is 1.41. The van der Waals surface area contributed by atoms with Crippen LogP contribution in [0.4, 0.5) is 0 Å². The molecule has 0 spiro atoms. The maximum Gasteiger partial charge on any atom is 0.260 e. The normalized spacial score (nSPS) is 12.2. The van der Waals surface area contributed by atoms with Crippen molar-refractivity contribution in [2.75, 3.05) is 0 Å². The molecule has 0 saturated carbocycles. The summed E-state index contributed by atoms with van der Waals surface area (Å²) in [6.45, 7) is 4.27. The smallest absolute Gasteiger partial charge is 0.260 e. The number of carbonyl (C=O) groups is 1. The van der Waals surface area contributed by atoms with E-state index in [1.807, 2.05) is 49.6 Å². The number of fused-ring (bicyclic) bond motifs is 1. The number of thiophene rings is 2. The molecule has 0 fully saturated rings. The van der Waals surface area contributed by atoms with E-state index in [0.29, 0.717) is 28.5 Å². The summed E-state index contributed by atoms with van der Waals surface area (Å²) < 4.78 is 0. The average molecular weight is 490 g/mol. The number of carbonyl (C=O) groups excluding carboxylic acids is 1. The van der Waals surface area contributed by atoms with Gasteiger partial charge < -0.3 is 10.3 Å². The van der Waals surface area contributed by atoms with E-state index in [4.69, 9.17) is 11.6 Å². The second-order valence-corrected chi connectivity index (χ2v) is 10.9. The molecule has 0 aliphatic carbocycles. The minimum Gasteiger partial charge on any atom is -0.351 e. The summed E-state index contributed by atoms with van der Waals surface area (Å²) in [6.07, 6.45) is 0. The number of hydrogen-bond donors (Lipinski definition) is 2. The molecule has 0 bridgehead atoms. The third-order valence-corrected chi connectivity index (χ3v) is 8.18. The maximum absolute atomic E-state index is 12.7. The summed E-state index contributed by atoms with van der Waals surface area (Å²) >= 11 is 10.7. The van der Waals surface area contributed by atoms with E-state index in [0.717, 1.165) is 20.8 Å². The van der Waals surface area contributed by atoms with E-state index in [2.05, 4.69) is 15.3 Å². The lowest BCUT2D eigenvalue weighted by Gasteiger charge is -2.12. The number of benzene rings is 1. The zero-order chi connectivity index (χ0) is 22.0. The van der Waals surface area contributed by atoms with Crippen LogP contribution in [0.25, 0.3) is 20.7 Å². The summed E-state index contributed by atoms with van der Waals surface area (Å²) in [6, 6.07) is 11.5. The monoisotopic (exact) mass is 489 g/mol. The van der Waals surface area contributed by atoms with E-state index in [1.165, 1.54) is 28.0 Å². The Hall–Kier alpha value is -2.13. The number of aryl methyl sites for hydroxylation is 1. The van der Waals surface area contributed by atoms with Gasteiger partial charge in [0.25, 0.3) is 5.56 Å². The van der Waals surface area contributed by atoms with Crippen LogP contribution in [0, 0.1) is 6.92 Å². The van der Waals surface area contributed by atoms with Crippen molar-refractivity contribution in [2.45, 2.75) is 31.4 Å². The van der Waals surface area contributed by atoms with Crippen LogP contribution in [-0.2, 0) is 17.1 Å². The second-order valence-electron chi connectivity index (χ2n) is 7.01. The fraction of sp³-hybridized carbons (Fsp3) is 0.227. The van der Waals surface area contributed by atoms with Crippen LogP contribution in [0.1, 0.15) is 23.2 Å². The molecule has 1 aromatic carbocycles. The second kappa shape index (κ2) is 9.56. The first-order chi connectivity index (χ1) is 14.9. The summed E-state index contributed by atoms with van der Waals surface area (Å²) in [7, 11) is 0. The van der Waals surface area contributed by atoms with Gasteiger partial charge in [-0.2, -0.15) is 0 Å². The number of halogens is 1. The fourth-order valence-electron chi connectivity index (χ4n) is 3.07. The van der Waals surface area contributed by atoms with Gasteiger partial charge in [-0.25, -0.2) is 4.98 Å². The SMILES string of the molecule is Cc1ccc(-c2csc3nc(CSC(C)C(=O)NCc4ccccc4Cl)[nH]c(=O)c23)s1. The lowest BCUT2D eigenvalue weighted by atomic mass is 10.2. The molecule has 31 heavy (non-hydrogen) atoms. The molecule has 3 aromatic heterocycles. The van der Waals surface area contributed by atoms with Crippen molar-refractivity contribution in [3.63, 3.8) is 0 Å². The minimum atomic E-state index is -0.295. The fourth-order valence-corrected chi connectivity index (χ4v) is 5.97. The van der Waals surface area contributed by atoms with Crippen LogP contribution in [0.2, 0.25) is 5.02 Å². The Morgan fingerprint density at radius 3 is 2.84 bits per heavy atom. The number of rotatable bonds is 7. The van der Waals surface area contributed by atoms with Gasteiger partial charge in [-0.15, -0.1) is 34.4 Å². The number of thioether (sulfide) groups is 1. The standard InChI is InChI=1S/C22H20ClN3O2S3/c1-12-7-8-17(31-12)15-10-30-22-19(15)21(28)25-18(26-22)11-29-13(2)20(27)24-9-14-5-3-4-6-16(14)23/h3-8,10,13H,9,11H2,1-2H3,(H,24,27)(H,25,26,28). The Morgan fingerprint density at radius 1 is 1.29 bits per heavy atom. The molecule has 0 aliphatic rings. The number of amides is 1. The lowest BCUT2D eigenvalue weighted by Crippen LogP contribution is -2.30. The number of aromatic nitrogens is 2. The van der Waals surface area contributed by atoms with E-state index < -0.39 is 0 Å². The third kappa shape index (κ3) is 5.03. The highest BCUT2D eigenvalue weighted by Gasteiger charge is 2.17. The Morgan fingerprint density at radius 2 is 2.10 bits per heavy atom. The molecule has 0 aliphatic heterocycles. The van der Waals surface area contributed by atoms with Gasteiger partial charge in [-0.3, -0.25) is 9.59 Å². The largest absolute Gasteiger partial charge is 0.351 e. The van der Waals surface area contributed by atoms with Crippen LogP contribution in [0.3, 0.4) is 0 Å². The van der Waals surface area contributed by atoms with Crippen molar-refractivity contribution in [1.29, 1.82) is 0 Å². The molecule has 3 heterocycles.